The molecule has 0 saturated carbocycles. The number of amidine groups is 1. The molecule has 0 aromatic heterocycles. The summed E-state index contributed by atoms with van der Waals surface area (Å²) in [7, 11) is 1.09. The van der Waals surface area contributed by atoms with Gasteiger partial charge < -0.3 is 4.90 Å². The van der Waals surface area contributed by atoms with Crippen LogP contribution < -0.4 is 9.80 Å². The highest BCUT2D eigenvalue weighted by Gasteiger charge is 2.46. The third kappa shape index (κ3) is 5.95. The minimum Gasteiger partial charge on any atom is -0.315 e. The molecule has 3 aromatic carbocycles. The summed E-state index contributed by atoms with van der Waals surface area (Å²) >= 11 is 18.8. The van der Waals surface area contributed by atoms with Crippen LogP contribution in [0.15, 0.2) is 77.8 Å². The molecule has 204 valence electrons. The van der Waals surface area contributed by atoms with Gasteiger partial charge in [0, 0.05) is 18.4 Å². The lowest BCUT2D eigenvalue weighted by atomic mass is 10.2. The van der Waals surface area contributed by atoms with Crippen molar-refractivity contribution in [1.29, 1.82) is 0 Å². The number of likely N-dealkylation sites (N-methyl/N-ethyl adjacent to an activating group) is 1. The molecule has 0 bridgehead atoms. The molecule has 3 aromatic rings. The van der Waals surface area contributed by atoms with E-state index >= 15 is 0 Å². The quantitative estimate of drug-likeness (QED) is 0.174. The molecule has 0 spiro atoms. The Labute approximate surface area is 233 Å². The highest BCUT2D eigenvalue weighted by molar-refractivity contribution is 6.68. The number of aliphatic imine (C=N–C) groups is 1. The van der Waals surface area contributed by atoms with Crippen LogP contribution in [0.25, 0.3) is 0 Å². The summed E-state index contributed by atoms with van der Waals surface area (Å²) in [6.07, 6.45) is -6.50. The summed E-state index contributed by atoms with van der Waals surface area (Å²) < 4.78 is 66.2. The molecule has 0 radical (unpaired) electrons. The Balaban J connectivity index is 1.94. The van der Waals surface area contributed by atoms with Gasteiger partial charge in [-0.3, -0.25) is 9.69 Å². The fourth-order valence-electron chi connectivity index (χ4n) is 3.82. The van der Waals surface area contributed by atoms with Crippen LogP contribution in [-0.2, 0) is 11.0 Å². The molecule has 1 heterocycles. The number of carbonyl (C=O) groups is 2. The van der Waals surface area contributed by atoms with Gasteiger partial charge in [-0.1, -0.05) is 53.0 Å². The lowest BCUT2D eigenvalue weighted by Gasteiger charge is -2.35. The number of nitrogens with zero attached hydrogens (tertiary/aromatic N) is 4. The second kappa shape index (κ2) is 10.6. The van der Waals surface area contributed by atoms with Gasteiger partial charge in [-0.15, -0.1) is 0 Å². The van der Waals surface area contributed by atoms with Gasteiger partial charge in [0.1, 0.15) is 11.6 Å². The molecule has 39 heavy (non-hydrogen) atoms. The highest BCUT2D eigenvalue weighted by Crippen LogP contribution is 2.42. The summed E-state index contributed by atoms with van der Waals surface area (Å²) in [5, 5.41) is 0. The van der Waals surface area contributed by atoms with E-state index in [0.717, 1.165) is 54.4 Å². The standard InChI is InChI=1S/C25H16Cl3F5N4O2/c1-35-21(38)20(37(23(35)39)17-8-2-5-14(11-17)25(31,32)33)34-22(24(26,27)28)36(18-9-3-6-15(29)12-18)19-10-4-7-16(30)13-19/h2-13,22H,1H3. The van der Waals surface area contributed by atoms with E-state index in [-0.39, 0.29) is 17.1 Å². The first-order valence-corrected chi connectivity index (χ1v) is 12.1. The monoisotopic (exact) mass is 604 g/mol. The molecule has 4 rings (SSSR count). The predicted octanol–water partition coefficient (Wildman–Crippen LogP) is 7.32. The van der Waals surface area contributed by atoms with Gasteiger partial charge >= 0.3 is 12.2 Å². The Bertz CT molecular complexity index is 1420. The number of urea groups is 1. The third-order valence-corrected chi connectivity index (χ3v) is 6.16. The molecule has 1 aliphatic rings. The van der Waals surface area contributed by atoms with Crippen LogP contribution in [-0.4, -0.2) is 39.7 Å². The first kappa shape index (κ1) is 28.6. The fraction of sp³-hybridized carbons (Fsp3) is 0.160. The van der Waals surface area contributed by atoms with Crippen molar-refractivity contribution < 1.29 is 31.5 Å². The van der Waals surface area contributed by atoms with Gasteiger partial charge in [-0.05, 0) is 54.6 Å². The lowest BCUT2D eigenvalue weighted by Crippen LogP contribution is -2.43. The zero-order valence-electron chi connectivity index (χ0n) is 19.6. The second-order valence-corrected chi connectivity index (χ2v) is 10.6. The van der Waals surface area contributed by atoms with E-state index in [4.69, 9.17) is 34.8 Å². The minimum atomic E-state index is -4.75. The molecular weight excluding hydrogens is 590 g/mol. The van der Waals surface area contributed by atoms with E-state index in [1.165, 1.54) is 24.3 Å². The molecule has 1 aliphatic heterocycles. The van der Waals surface area contributed by atoms with E-state index in [0.29, 0.717) is 15.9 Å². The van der Waals surface area contributed by atoms with Crippen LogP contribution >= 0.6 is 34.8 Å². The molecule has 1 fully saturated rings. The molecule has 1 saturated heterocycles. The van der Waals surface area contributed by atoms with Crippen molar-refractivity contribution in [2.45, 2.75) is 16.1 Å². The Morgan fingerprint density at radius 1 is 0.846 bits per heavy atom. The minimum absolute atomic E-state index is 0.0250. The maximum atomic E-state index is 14.2. The average molecular weight is 606 g/mol. The van der Waals surface area contributed by atoms with Crippen LogP contribution in [0.3, 0.4) is 0 Å². The van der Waals surface area contributed by atoms with Crippen molar-refractivity contribution in [3.05, 3.63) is 90.0 Å². The third-order valence-electron chi connectivity index (χ3n) is 5.57. The molecular formula is C25H16Cl3F5N4O2. The van der Waals surface area contributed by atoms with E-state index in [1.54, 1.807) is 0 Å². The molecule has 1 unspecified atom stereocenters. The lowest BCUT2D eigenvalue weighted by molar-refractivity contribution is -0.137. The van der Waals surface area contributed by atoms with Gasteiger partial charge in [0.25, 0.3) is 5.91 Å². The zero-order valence-corrected chi connectivity index (χ0v) is 21.9. The Hall–Kier alpha value is -3.41. The normalized spacial score (nSPS) is 16.3. The topological polar surface area (TPSA) is 56.2 Å². The Morgan fingerprint density at radius 2 is 1.38 bits per heavy atom. The van der Waals surface area contributed by atoms with Gasteiger partial charge in [0.05, 0.1) is 11.3 Å². The Morgan fingerprint density at radius 3 is 1.87 bits per heavy atom. The van der Waals surface area contributed by atoms with Crippen molar-refractivity contribution in [2.24, 2.45) is 4.99 Å². The summed E-state index contributed by atoms with van der Waals surface area (Å²) in [6.45, 7) is 0. The number of hydrogen-bond donors (Lipinski definition) is 0. The maximum absolute atomic E-state index is 14.2. The summed E-state index contributed by atoms with van der Waals surface area (Å²) in [5.74, 6) is -3.12. The van der Waals surface area contributed by atoms with E-state index in [1.807, 2.05) is 0 Å². The number of imide groups is 1. The number of halogens is 8. The van der Waals surface area contributed by atoms with Crippen molar-refractivity contribution >= 4 is 69.6 Å². The number of anilines is 3. The number of alkyl halides is 6. The smallest absolute Gasteiger partial charge is 0.315 e. The zero-order chi connectivity index (χ0) is 28.7. The SMILES string of the molecule is CN1C(=O)C(=NC(N(c2cccc(F)c2)c2cccc(F)c2)C(Cl)(Cl)Cl)N(c2cccc(C(F)(F)F)c2)C1=O. The van der Waals surface area contributed by atoms with Gasteiger partial charge in [0.15, 0.2) is 6.17 Å². The largest absolute Gasteiger partial charge is 0.416 e. The molecule has 0 aliphatic carbocycles. The van der Waals surface area contributed by atoms with Gasteiger partial charge in [0.2, 0.25) is 9.63 Å². The highest BCUT2D eigenvalue weighted by atomic mass is 35.6. The maximum Gasteiger partial charge on any atom is 0.416 e. The fourth-order valence-corrected chi connectivity index (χ4v) is 4.26. The average Bonchev–Trinajstić information content (AvgIpc) is 3.06. The van der Waals surface area contributed by atoms with Crippen molar-refractivity contribution in [3.63, 3.8) is 0 Å². The molecule has 6 nitrogen and oxygen atoms in total. The first-order chi connectivity index (χ1) is 18.2. The van der Waals surface area contributed by atoms with Crippen molar-refractivity contribution in [3.8, 4) is 0 Å². The van der Waals surface area contributed by atoms with Crippen LogP contribution in [0.2, 0.25) is 0 Å². The van der Waals surface area contributed by atoms with E-state index < -0.39 is 51.1 Å². The summed E-state index contributed by atoms with van der Waals surface area (Å²) in [4.78, 5) is 32.7. The summed E-state index contributed by atoms with van der Waals surface area (Å²) in [6, 6.07) is 12.4. The number of carbonyl (C=O) groups excluding carboxylic acids is 2. The molecule has 14 heteroatoms. The predicted molar refractivity (Wildman–Crippen MR) is 139 cm³/mol. The van der Waals surface area contributed by atoms with Gasteiger partial charge in [-0.2, -0.15) is 13.2 Å². The van der Waals surface area contributed by atoms with Crippen LogP contribution in [0, 0.1) is 11.6 Å². The second-order valence-electron chi connectivity index (χ2n) is 8.23. The molecule has 3 amide bonds. The summed E-state index contributed by atoms with van der Waals surface area (Å²) in [5.41, 5.74) is -1.38. The van der Waals surface area contributed by atoms with E-state index in [9.17, 15) is 31.5 Å². The van der Waals surface area contributed by atoms with Crippen molar-refractivity contribution in [2.75, 3.05) is 16.8 Å². The van der Waals surface area contributed by atoms with Crippen LogP contribution in [0.4, 0.5) is 43.8 Å². The van der Waals surface area contributed by atoms with Crippen molar-refractivity contribution in [1.82, 2.24) is 4.90 Å². The number of benzene rings is 3. The van der Waals surface area contributed by atoms with Crippen LogP contribution in [0.1, 0.15) is 5.56 Å². The number of rotatable bonds is 5. The number of hydrogen-bond acceptors (Lipinski definition) is 4. The van der Waals surface area contributed by atoms with Crippen LogP contribution in [0.5, 0.6) is 0 Å². The first-order valence-electron chi connectivity index (χ1n) is 10.9. The Kier molecular flexibility index (Phi) is 7.79. The molecule has 1 atom stereocenters. The van der Waals surface area contributed by atoms with Gasteiger partial charge in [-0.25, -0.2) is 23.5 Å². The number of amides is 3. The van der Waals surface area contributed by atoms with E-state index in [2.05, 4.69) is 4.99 Å². The molecule has 0 N–H and O–H groups in total.